The van der Waals surface area contributed by atoms with Crippen LogP contribution in [0.1, 0.15) is 30.6 Å². The Hall–Kier alpha value is -0.670. The van der Waals surface area contributed by atoms with E-state index in [9.17, 15) is 5.11 Å². The summed E-state index contributed by atoms with van der Waals surface area (Å²) in [7, 11) is 1.68. The van der Waals surface area contributed by atoms with Gasteiger partial charge in [0.05, 0.1) is 13.2 Å². The van der Waals surface area contributed by atoms with E-state index in [4.69, 9.17) is 4.74 Å². The second kappa shape index (κ2) is 4.45. The maximum Gasteiger partial charge on any atom is 0.123 e. The number of methoxy groups -OCH3 is 1. The summed E-state index contributed by atoms with van der Waals surface area (Å²) in [4.78, 5) is 0. The molecule has 1 heterocycles. The van der Waals surface area contributed by atoms with Crippen LogP contribution in [-0.4, -0.2) is 17.5 Å². The number of hydrogen-bond donors (Lipinski definition) is 1. The van der Waals surface area contributed by atoms with Crippen molar-refractivity contribution >= 4 is 11.8 Å². The smallest absolute Gasteiger partial charge is 0.123 e. The number of fused-ring (bicyclic) bond motifs is 1. The number of hydrogen-bond acceptors (Lipinski definition) is 3. The van der Waals surface area contributed by atoms with Gasteiger partial charge in [0.2, 0.25) is 0 Å². The second-order valence-electron chi connectivity index (χ2n) is 3.90. The average Bonchev–Trinajstić information content (AvgIpc) is 2.38. The molecule has 1 N–H and O–H groups in total. The number of benzene rings is 1. The Labute approximate surface area is 94.6 Å². The zero-order valence-corrected chi connectivity index (χ0v) is 9.88. The maximum absolute atomic E-state index is 10.1. The van der Waals surface area contributed by atoms with Crippen molar-refractivity contribution in [2.75, 3.05) is 7.11 Å². The largest absolute Gasteiger partial charge is 0.496 e. The predicted molar refractivity (Wildman–Crippen MR) is 63.3 cm³/mol. The molecular weight excluding hydrogens is 208 g/mol. The fraction of sp³-hybridized carbons (Fsp3) is 0.500. The number of ether oxygens (including phenoxy) is 1. The molecule has 0 saturated carbocycles. The molecule has 0 spiro atoms. The molecule has 0 fully saturated rings. The van der Waals surface area contributed by atoms with Gasteiger partial charge in [-0.1, -0.05) is 19.1 Å². The van der Waals surface area contributed by atoms with E-state index in [1.54, 1.807) is 7.11 Å². The van der Waals surface area contributed by atoms with E-state index in [0.717, 1.165) is 29.1 Å². The quantitative estimate of drug-likeness (QED) is 0.795. The molecule has 2 nitrogen and oxygen atoms in total. The van der Waals surface area contributed by atoms with Crippen LogP contribution in [0.5, 0.6) is 5.75 Å². The molecule has 0 saturated heterocycles. The van der Waals surface area contributed by atoms with Gasteiger partial charge in [-0.15, -0.1) is 0 Å². The first-order valence-electron chi connectivity index (χ1n) is 5.18. The molecule has 1 aliphatic heterocycles. The van der Waals surface area contributed by atoms with E-state index in [1.165, 1.54) is 0 Å². The van der Waals surface area contributed by atoms with E-state index in [0.29, 0.717) is 5.25 Å². The lowest BCUT2D eigenvalue weighted by Gasteiger charge is -2.14. The fourth-order valence-electron chi connectivity index (χ4n) is 1.98. The van der Waals surface area contributed by atoms with Crippen LogP contribution in [0, 0.1) is 0 Å². The van der Waals surface area contributed by atoms with Gasteiger partial charge >= 0.3 is 0 Å². The van der Waals surface area contributed by atoms with Crippen LogP contribution in [0.4, 0.5) is 0 Å². The van der Waals surface area contributed by atoms with Gasteiger partial charge in [0.1, 0.15) is 5.75 Å². The Kier molecular flexibility index (Phi) is 3.22. The topological polar surface area (TPSA) is 29.5 Å². The number of thioether (sulfide) groups is 1. The number of aliphatic hydroxyl groups excluding tert-OH is 1. The van der Waals surface area contributed by atoms with Crippen molar-refractivity contribution in [1.82, 2.24) is 0 Å². The maximum atomic E-state index is 10.1. The van der Waals surface area contributed by atoms with E-state index >= 15 is 0 Å². The number of rotatable bonds is 1. The molecule has 2 rings (SSSR count). The highest BCUT2D eigenvalue weighted by Crippen LogP contribution is 2.38. The molecule has 1 aliphatic rings. The van der Waals surface area contributed by atoms with Gasteiger partial charge in [0, 0.05) is 16.6 Å². The minimum atomic E-state index is -0.347. The first-order valence-corrected chi connectivity index (χ1v) is 6.22. The van der Waals surface area contributed by atoms with Crippen molar-refractivity contribution in [3.8, 4) is 5.75 Å². The van der Waals surface area contributed by atoms with Crippen LogP contribution in [0.25, 0.3) is 0 Å². The van der Waals surface area contributed by atoms with Crippen LogP contribution in [-0.2, 0) is 5.75 Å². The summed E-state index contributed by atoms with van der Waals surface area (Å²) in [6.45, 7) is 2.16. The van der Waals surface area contributed by atoms with Crippen LogP contribution < -0.4 is 4.74 Å². The van der Waals surface area contributed by atoms with Crippen molar-refractivity contribution < 1.29 is 9.84 Å². The lowest BCUT2D eigenvalue weighted by Crippen LogP contribution is -2.04. The normalized spacial score (nSPS) is 25.5. The summed E-state index contributed by atoms with van der Waals surface area (Å²) in [6.07, 6.45) is 0.477. The second-order valence-corrected chi connectivity index (χ2v) is 5.33. The van der Waals surface area contributed by atoms with E-state index in [-0.39, 0.29) is 6.10 Å². The van der Waals surface area contributed by atoms with Crippen LogP contribution in [0.2, 0.25) is 0 Å². The van der Waals surface area contributed by atoms with Crippen molar-refractivity contribution in [3.05, 3.63) is 29.3 Å². The monoisotopic (exact) mass is 224 g/mol. The van der Waals surface area contributed by atoms with Crippen molar-refractivity contribution in [1.29, 1.82) is 0 Å². The van der Waals surface area contributed by atoms with Crippen molar-refractivity contribution in [2.45, 2.75) is 30.5 Å². The van der Waals surface area contributed by atoms with E-state index in [1.807, 2.05) is 30.0 Å². The van der Waals surface area contributed by atoms with Crippen molar-refractivity contribution in [3.63, 3.8) is 0 Å². The number of aliphatic hydroxyl groups is 1. The molecule has 0 aromatic heterocycles. The Bertz CT molecular complexity index is 351. The first-order chi connectivity index (χ1) is 7.22. The third kappa shape index (κ3) is 2.13. The summed E-state index contributed by atoms with van der Waals surface area (Å²) < 4.78 is 5.33. The van der Waals surface area contributed by atoms with Gasteiger partial charge in [-0.2, -0.15) is 11.8 Å². The summed E-state index contributed by atoms with van der Waals surface area (Å²) in [6, 6.07) is 5.91. The van der Waals surface area contributed by atoms with Gasteiger partial charge in [0.15, 0.2) is 0 Å². The molecule has 0 amide bonds. The summed E-state index contributed by atoms with van der Waals surface area (Å²) in [5.74, 6) is 1.82. The molecule has 0 aliphatic carbocycles. The minimum absolute atomic E-state index is 0.347. The molecule has 82 valence electrons. The highest BCUT2D eigenvalue weighted by atomic mass is 32.2. The van der Waals surface area contributed by atoms with Gasteiger partial charge in [0.25, 0.3) is 0 Å². The molecule has 2 unspecified atom stereocenters. The molecule has 2 atom stereocenters. The third-order valence-corrected chi connectivity index (χ3v) is 4.03. The van der Waals surface area contributed by atoms with Gasteiger partial charge in [-0.3, -0.25) is 0 Å². The molecular formula is C12H16O2S. The minimum Gasteiger partial charge on any atom is -0.496 e. The highest BCUT2D eigenvalue weighted by molar-refractivity contribution is 7.99. The predicted octanol–water partition coefficient (Wildman–Crippen LogP) is 2.75. The zero-order chi connectivity index (χ0) is 10.8. The fourth-order valence-corrected chi connectivity index (χ4v) is 3.05. The zero-order valence-electron chi connectivity index (χ0n) is 9.06. The van der Waals surface area contributed by atoms with Gasteiger partial charge in [-0.05, 0) is 18.1 Å². The molecule has 1 aromatic carbocycles. The van der Waals surface area contributed by atoms with Crippen molar-refractivity contribution in [2.24, 2.45) is 0 Å². The van der Waals surface area contributed by atoms with Crippen LogP contribution in [0.15, 0.2) is 18.2 Å². The Balaban J connectivity index is 2.43. The lowest BCUT2D eigenvalue weighted by atomic mass is 9.99. The van der Waals surface area contributed by atoms with E-state index < -0.39 is 0 Å². The first kappa shape index (κ1) is 10.8. The molecule has 0 radical (unpaired) electrons. The standard InChI is InChI=1S/C12H16O2S/c1-8-6-11(13)9-4-3-5-12(14-2)10(9)7-15-8/h3-5,8,11,13H,6-7H2,1-2H3. The molecule has 1 aromatic rings. The molecule has 3 heteroatoms. The van der Waals surface area contributed by atoms with Crippen LogP contribution in [0.3, 0.4) is 0 Å². The Morgan fingerprint density at radius 2 is 2.27 bits per heavy atom. The molecule has 0 bridgehead atoms. The summed E-state index contributed by atoms with van der Waals surface area (Å²) in [5.41, 5.74) is 2.19. The SMILES string of the molecule is COc1cccc2c1CSC(C)CC2O. The average molecular weight is 224 g/mol. The van der Waals surface area contributed by atoms with Gasteiger partial charge < -0.3 is 9.84 Å². The van der Waals surface area contributed by atoms with Crippen LogP contribution >= 0.6 is 11.8 Å². The van der Waals surface area contributed by atoms with Gasteiger partial charge in [-0.25, -0.2) is 0 Å². The lowest BCUT2D eigenvalue weighted by molar-refractivity contribution is 0.168. The Morgan fingerprint density at radius 1 is 1.47 bits per heavy atom. The summed E-state index contributed by atoms with van der Waals surface area (Å²) in [5, 5.41) is 10.6. The highest BCUT2D eigenvalue weighted by Gasteiger charge is 2.22. The summed E-state index contributed by atoms with van der Waals surface area (Å²) >= 11 is 1.87. The molecule has 15 heavy (non-hydrogen) atoms. The third-order valence-electron chi connectivity index (χ3n) is 2.82. The van der Waals surface area contributed by atoms with E-state index in [2.05, 4.69) is 6.92 Å². The Morgan fingerprint density at radius 3 is 3.00 bits per heavy atom.